The Bertz CT molecular complexity index is 589. The Kier molecular flexibility index (Phi) is 5.64. The van der Waals surface area contributed by atoms with Gasteiger partial charge in [0.2, 0.25) is 10.0 Å². The summed E-state index contributed by atoms with van der Waals surface area (Å²) in [4.78, 5) is 0.0864. The van der Waals surface area contributed by atoms with Crippen LogP contribution in [0.25, 0.3) is 0 Å². The normalized spacial score (nSPS) is 20.0. The van der Waals surface area contributed by atoms with Crippen molar-refractivity contribution in [3.63, 3.8) is 0 Å². The van der Waals surface area contributed by atoms with Crippen molar-refractivity contribution in [1.82, 2.24) is 4.72 Å². The topological polar surface area (TPSA) is 72.2 Å². The largest absolute Gasteiger partial charge is 0.398 e. The predicted octanol–water partition coefficient (Wildman–Crippen LogP) is 3.25. The molecule has 3 N–H and O–H groups in total. The van der Waals surface area contributed by atoms with Crippen LogP contribution in [-0.4, -0.2) is 26.0 Å². The lowest BCUT2D eigenvalue weighted by Gasteiger charge is -2.21. The molecular formula is C12H16BrClN2O2S2. The van der Waals surface area contributed by atoms with E-state index in [2.05, 4.69) is 20.7 Å². The van der Waals surface area contributed by atoms with E-state index in [9.17, 15) is 8.42 Å². The lowest BCUT2D eigenvalue weighted by molar-refractivity contribution is 0.573. The van der Waals surface area contributed by atoms with Crippen LogP contribution in [0.1, 0.15) is 19.3 Å². The van der Waals surface area contributed by atoms with E-state index in [1.54, 1.807) is 0 Å². The first kappa shape index (κ1) is 16.4. The highest BCUT2D eigenvalue weighted by Crippen LogP contribution is 2.32. The van der Waals surface area contributed by atoms with Crippen LogP contribution >= 0.6 is 39.3 Å². The zero-order valence-corrected chi connectivity index (χ0v) is 14.7. The van der Waals surface area contributed by atoms with E-state index in [4.69, 9.17) is 17.3 Å². The van der Waals surface area contributed by atoms with Gasteiger partial charge in [0.1, 0.15) is 0 Å². The predicted molar refractivity (Wildman–Crippen MR) is 88.8 cm³/mol. The molecule has 1 aromatic rings. The van der Waals surface area contributed by atoms with Gasteiger partial charge in [0.25, 0.3) is 0 Å². The third-order valence-electron chi connectivity index (χ3n) is 3.10. The van der Waals surface area contributed by atoms with Crippen molar-refractivity contribution in [2.45, 2.75) is 29.4 Å². The van der Waals surface area contributed by atoms with Gasteiger partial charge in [-0.3, -0.25) is 0 Å². The second kappa shape index (κ2) is 6.87. The molecule has 0 aliphatic carbocycles. The van der Waals surface area contributed by atoms with Crippen molar-refractivity contribution in [3.8, 4) is 0 Å². The standard InChI is InChI=1S/C12H16BrClN2O2S2/c13-12-10(15)5-8(14)6-11(12)20(17,18)16-7-9-3-1-2-4-19-9/h5-6,9,16H,1-4,7,15H2. The van der Waals surface area contributed by atoms with Crippen molar-refractivity contribution in [2.24, 2.45) is 0 Å². The third-order valence-corrected chi connectivity index (χ3v) is 7.31. The summed E-state index contributed by atoms with van der Waals surface area (Å²) in [6, 6.07) is 2.92. The summed E-state index contributed by atoms with van der Waals surface area (Å²) in [7, 11) is -3.61. The molecular weight excluding hydrogens is 384 g/mol. The van der Waals surface area contributed by atoms with Crippen LogP contribution in [-0.2, 0) is 10.0 Å². The molecule has 1 fully saturated rings. The summed E-state index contributed by atoms with van der Waals surface area (Å²) < 4.78 is 27.7. The number of benzene rings is 1. The maximum atomic E-state index is 12.3. The molecule has 1 aliphatic heterocycles. The highest BCUT2D eigenvalue weighted by molar-refractivity contribution is 9.10. The molecule has 0 radical (unpaired) electrons. The molecule has 4 nitrogen and oxygen atoms in total. The van der Waals surface area contributed by atoms with Gasteiger partial charge >= 0.3 is 0 Å². The fourth-order valence-corrected chi connectivity index (χ4v) is 5.74. The molecule has 0 spiro atoms. The minimum Gasteiger partial charge on any atom is -0.398 e. The number of hydrogen-bond acceptors (Lipinski definition) is 4. The number of nitrogens with two attached hydrogens (primary N) is 1. The van der Waals surface area contributed by atoms with Gasteiger partial charge in [0.05, 0.1) is 9.37 Å². The molecule has 1 aromatic carbocycles. The van der Waals surface area contributed by atoms with Crippen LogP contribution in [0.15, 0.2) is 21.5 Å². The van der Waals surface area contributed by atoms with Crippen LogP contribution in [0, 0.1) is 0 Å². The van der Waals surface area contributed by atoms with E-state index < -0.39 is 10.0 Å². The summed E-state index contributed by atoms with van der Waals surface area (Å²) in [5.74, 6) is 1.10. The summed E-state index contributed by atoms with van der Waals surface area (Å²) >= 11 is 10.9. The van der Waals surface area contributed by atoms with Crippen molar-refractivity contribution in [3.05, 3.63) is 21.6 Å². The molecule has 0 bridgehead atoms. The van der Waals surface area contributed by atoms with Gasteiger partial charge in [0.15, 0.2) is 0 Å². The van der Waals surface area contributed by atoms with Crippen LogP contribution in [0.2, 0.25) is 5.02 Å². The average molecular weight is 400 g/mol. The van der Waals surface area contributed by atoms with Crippen LogP contribution in [0.5, 0.6) is 0 Å². The molecule has 8 heteroatoms. The van der Waals surface area contributed by atoms with Gasteiger partial charge in [-0.15, -0.1) is 0 Å². The number of anilines is 1. The lowest BCUT2D eigenvalue weighted by Crippen LogP contribution is -2.32. The van der Waals surface area contributed by atoms with Gasteiger partial charge in [-0.2, -0.15) is 11.8 Å². The van der Waals surface area contributed by atoms with Gasteiger partial charge in [-0.1, -0.05) is 18.0 Å². The molecule has 1 atom stereocenters. The zero-order chi connectivity index (χ0) is 14.8. The first-order valence-corrected chi connectivity index (χ1v) is 9.96. The third kappa shape index (κ3) is 4.04. The summed E-state index contributed by atoms with van der Waals surface area (Å²) in [5, 5.41) is 0.645. The Hall–Kier alpha value is 0.0500. The zero-order valence-electron chi connectivity index (χ0n) is 10.7. The maximum Gasteiger partial charge on any atom is 0.241 e. The van der Waals surface area contributed by atoms with Crippen LogP contribution in [0.3, 0.4) is 0 Å². The van der Waals surface area contributed by atoms with E-state index in [0.717, 1.165) is 18.6 Å². The van der Waals surface area contributed by atoms with Gasteiger partial charge in [-0.25, -0.2) is 13.1 Å². The molecule has 112 valence electrons. The molecule has 0 saturated carbocycles. The quantitative estimate of drug-likeness (QED) is 0.762. The second-order valence-corrected chi connectivity index (χ2v) is 9.02. The maximum absolute atomic E-state index is 12.3. The first-order chi connectivity index (χ1) is 9.40. The monoisotopic (exact) mass is 398 g/mol. The Morgan fingerprint density at radius 1 is 1.45 bits per heavy atom. The Balaban J connectivity index is 2.14. The summed E-state index contributed by atoms with van der Waals surface area (Å²) in [6.07, 6.45) is 3.42. The molecule has 20 heavy (non-hydrogen) atoms. The minimum absolute atomic E-state index is 0.0864. The van der Waals surface area contributed by atoms with Crippen molar-refractivity contribution in [2.75, 3.05) is 18.0 Å². The average Bonchev–Trinajstić information content (AvgIpc) is 2.42. The minimum atomic E-state index is -3.61. The van der Waals surface area contributed by atoms with E-state index in [1.807, 2.05) is 11.8 Å². The SMILES string of the molecule is Nc1cc(Cl)cc(S(=O)(=O)NCC2CCCCS2)c1Br. The number of thioether (sulfide) groups is 1. The second-order valence-electron chi connectivity index (χ2n) is 4.65. The summed E-state index contributed by atoms with van der Waals surface area (Å²) in [5.41, 5.74) is 6.04. The Morgan fingerprint density at radius 2 is 2.20 bits per heavy atom. The first-order valence-electron chi connectivity index (χ1n) is 6.26. The fraction of sp³-hybridized carbons (Fsp3) is 0.500. The molecule has 1 heterocycles. The summed E-state index contributed by atoms with van der Waals surface area (Å²) in [6.45, 7) is 0.436. The molecule has 1 unspecified atom stereocenters. The number of halogens is 2. The Morgan fingerprint density at radius 3 is 2.85 bits per heavy atom. The van der Waals surface area contributed by atoms with Gasteiger partial charge in [-0.05, 0) is 46.7 Å². The number of nitrogens with one attached hydrogen (secondary N) is 1. The number of nitrogen functional groups attached to an aromatic ring is 1. The van der Waals surface area contributed by atoms with Gasteiger partial charge < -0.3 is 5.73 Å². The fourth-order valence-electron chi connectivity index (χ4n) is 2.03. The van der Waals surface area contributed by atoms with Crippen LogP contribution in [0.4, 0.5) is 5.69 Å². The highest BCUT2D eigenvalue weighted by atomic mass is 79.9. The lowest BCUT2D eigenvalue weighted by atomic mass is 10.2. The van der Waals surface area contributed by atoms with E-state index >= 15 is 0 Å². The van der Waals surface area contributed by atoms with Gasteiger partial charge in [0, 0.05) is 22.5 Å². The molecule has 0 aromatic heterocycles. The number of sulfonamides is 1. The van der Waals surface area contributed by atoms with Crippen molar-refractivity contribution < 1.29 is 8.42 Å². The van der Waals surface area contributed by atoms with Crippen molar-refractivity contribution in [1.29, 1.82) is 0 Å². The Labute approximate surface area is 137 Å². The molecule has 1 saturated heterocycles. The van der Waals surface area contributed by atoms with Crippen LogP contribution < -0.4 is 10.5 Å². The van der Waals surface area contributed by atoms with E-state index in [1.165, 1.54) is 18.6 Å². The molecule has 0 amide bonds. The van der Waals surface area contributed by atoms with E-state index in [-0.39, 0.29) is 4.90 Å². The molecule has 2 rings (SSSR count). The number of rotatable bonds is 4. The van der Waals surface area contributed by atoms with E-state index in [0.29, 0.717) is 27.0 Å². The van der Waals surface area contributed by atoms with Crippen molar-refractivity contribution >= 4 is 55.0 Å². The highest BCUT2D eigenvalue weighted by Gasteiger charge is 2.22. The smallest absolute Gasteiger partial charge is 0.241 e. The number of hydrogen-bond donors (Lipinski definition) is 2. The molecule has 1 aliphatic rings.